The fraction of sp³-hybridized carbons (Fsp3) is 0.389. The molecule has 3 heterocycles. The monoisotopic (exact) mass is 374 g/mol. The van der Waals surface area contributed by atoms with Crippen molar-refractivity contribution < 1.29 is 0 Å². The van der Waals surface area contributed by atoms with E-state index < -0.39 is 0 Å². The van der Waals surface area contributed by atoms with E-state index in [1.165, 1.54) is 10.1 Å². The number of likely N-dealkylation sites (N-methyl/N-ethyl adjacent to an activating group) is 1. The minimum absolute atomic E-state index is 0. The summed E-state index contributed by atoms with van der Waals surface area (Å²) in [6, 6.07) is 9.63. The molecule has 1 saturated heterocycles. The first-order chi connectivity index (χ1) is 12.1. The van der Waals surface area contributed by atoms with Crippen molar-refractivity contribution in [2.45, 2.75) is 13.5 Å². The number of aromatic amines is 1. The molecule has 7 nitrogen and oxygen atoms in total. The van der Waals surface area contributed by atoms with Gasteiger partial charge < -0.3 is 4.90 Å². The van der Waals surface area contributed by atoms with Gasteiger partial charge in [-0.25, -0.2) is 4.98 Å². The van der Waals surface area contributed by atoms with Crippen molar-refractivity contribution in [3.63, 3.8) is 0 Å². The molecule has 0 atom stereocenters. The van der Waals surface area contributed by atoms with Crippen LogP contribution in [0.5, 0.6) is 0 Å². The molecule has 0 unspecified atom stereocenters. The molecule has 0 aliphatic carbocycles. The van der Waals surface area contributed by atoms with E-state index in [9.17, 15) is 4.79 Å². The molecule has 0 spiro atoms. The van der Waals surface area contributed by atoms with Crippen LogP contribution in [0, 0.1) is 6.92 Å². The second-order valence-electron chi connectivity index (χ2n) is 6.74. The predicted octanol–water partition coefficient (Wildman–Crippen LogP) is 1.56. The Bertz CT molecular complexity index is 940. The van der Waals surface area contributed by atoms with Gasteiger partial charge in [-0.1, -0.05) is 29.8 Å². The number of rotatable bonds is 3. The van der Waals surface area contributed by atoms with Crippen LogP contribution in [0.1, 0.15) is 11.3 Å². The lowest BCUT2D eigenvalue weighted by atomic mass is 10.1. The van der Waals surface area contributed by atoms with Crippen molar-refractivity contribution in [2.24, 2.45) is 0 Å². The number of fused-ring (bicyclic) bond motifs is 1. The van der Waals surface area contributed by atoms with E-state index in [1.807, 2.05) is 31.2 Å². The summed E-state index contributed by atoms with van der Waals surface area (Å²) in [5.41, 5.74) is 2.78. The Morgan fingerprint density at radius 3 is 2.46 bits per heavy atom. The third kappa shape index (κ3) is 3.80. The zero-order valence-corrected chi connectivity index (χ0v) is 15.8. The van der Waals surface area contributed by atoms with Crippen LogP contribution >= 0.6 is 12.4 Å². The number of aryl methyl sites for hydroxylation is 1. The molecule has 1 aliphatic rings. The van der Waals surface area contributed by atoms with E-state index in [0.717, 1.165) is 37.4 Å². The molecule has 8 heteroatoms. The summed E-state index contributed by atoms with van der Waals surface area (Å²) in [5.74, 6) is 1.08. The molecule has 0 amide bonds. The van der Waals surface area contributed by atoms with Gasteiger partial charge in [-0.05, 0) is 14.0 Å². The fourth-order valence-corrected chi connectivity index (χ4v) is 3.08. The summed E-state index contributed by atoms with van der Waals surface area (Å²) in [4.78, 5) is 26.1. The molecular weight excluding hydrogens is 352 g/mol. The summed E-state index contributed by atoms with van der Waals surface area (Å²) in [5, 5.41) is 3.05. The Morgan fingerprint density at radius 2 is 1.77 bits per heavy atom. The number of H-pyrrole nitrogens is 1. The van der Waals surface area contributed by atoms with Gasteiger partial charge in [0, 0.05) is 44.4 Å². The molecule has 2 aromatic heterocycles. The van der Waals surface area contributed by atoms with Gasteiger partial charge in [-0.3, -0.25) is 14.8 Å². The number of hydrogen-bond donors (Lipinski definition) is 1. The van der Waals surface area contributed by atoms with Crippen molar-refractivity contribution in [3.8, 4) is 11.4 Å². The molecule has 0 bridgehead atoms. The van der Waals surface area contributed by atoms with E-state index in [1.54, 1.807) is 6.07 Å². The minimum Gasteiger partial charge on any atom is -0.304 e. The Hall–Kier alpha value is -2.22. The van der Waals surface area contributed by atoms with E-state index in [4.69, 9.17) is 0 Å². The van der Waals surface area contributed by atoms with Gasteiger partial charge in [0.25, 0.3) is 11.3 Å². The standard InChI is InChI=1S/C18H22N6O.ClH/c1-13-3-5-14(6-4-13)17-20-18-19-15(11-16(25)24(18)21-17)12-23-9-7-22(2)8-10-23;/h3-6,11H,7-10,12H2,1-2H3,(H,19,20,21);1H. The summed E-state index contributed by atoms with van der Waals surface area (Å²) in [7, 11) is 2.13. The molecule has 1 aliphatic heterocycles. The highest BCUT2D eigenvalue weighted by Gasteiger charge is 2.16. The average Bonchev–Trinajstić information content (AvgIpc) is 3.02. The van der Waals surface area contributed by atoms with Gasteiger partial charge in [-0.15, -0.1) is 12.4 Å². The van der Waals surface area contributed by atoms with Crippen LogP contribution in [0.4, 0.5) is 0 Å². The van der Waals surface area contributed by atoms with E-state index in [0.29, 0.717) is 18.1 Å². The highest BCUT2D eigenvalue weighted by molar-refractivity contribution is 5.85. The van der Waals surface area contributed by atoms with Crippen molar-refractivity contribution in [1.82, 2.24) is 29.4 Å². The number of aromatic nitrogens is 4. The highest BCUT2D eigenvalue weighted by Crippen LogP contribution is 2.16. The van der Waals surface area contributed by atoms with Crippen LogP contribution in [0.15, 0.2) is 35.1 Å². The smallest absolute Gasteiger partial charge is 0.274 e. The molecule has 3 aromatic rings. The number of halogens is 1. The summed E-state index contributed by atoms with van der Waals surface area (Å²) >= 11 is 0. The molecule has 0 radical (unpaired) electrons. The van der Waals surface area contributed by atoms with Gasteiger partial charge in [0.1, 0.15) is 0 Å². The fourth-order valence-electron chi connectivity index (χ4n) is 3.08. The summed E-state index contributed by atoms with van der Waals surface area (Å²) in [6.07, 6.45) is 0. The Morgan fingerprint density at radius 1 is 1.08 bits per heavy atom. The molecule has 1 N–H and O–H groups in total. The van der Waals surface area contributed by atoms with Crippen LogP contribution in [0.2, 0.25) is 0 Å². The second kappa shape index (κ2) is 7.57. The number of hydrogen-bond acceptors (Lipinski definition) is 5. The summed E-state index contributed by atoms with van der Waals surface area (Å²) in [6.45, 7) is 6.80. The van der Waals surface area contributed by atoms with Crippen LogP contribution < -0.4 is 5.56 Å². The highest BCUT2D eigenvalue weighted by atomic mass is 35.5. The number of piperazine rings is 1. The topological polar surface area (TPSA) is 69.5 Å². The largest absolute Gasteiger partial charge is 0.304 e. The maximum atomic E-state index is 12.4. The average molecular weight is 375 g/mol. The normalized spacial score (nSPS) is 15.9. The third-order valence-electron chi connectivity index (χ3n) is 4.69. The number of benzene rings is 1. The Balaban J connectivity index is 0.00000196. The van der Waals surface area contributed by atoms with Crippen molar-refractivity contribution in [2.75, 3.05) is 33.2 Å². The van der Waals surface area contributed by atoms with Gasteiger partial charge in [0.2, 0.25) is 0 Å². The molecule has 0 saturated carbocycles. The zero-order chi connectivity index (χ0) is 17.4. The Kier molecular flexibility index (Phi) is 5.41. The number of nitrogens with one attached hydrogen (secondary N) is 1. The van der Waals surface area contributed by atoms with Crippen molar-refractivity contribution in [3.05, 3.63) is 51.9 Å². The lowest BCUT2D eigenvalue weighted by Crippen LogP contribution is -2.44. The van der Waals surface area contributed by atoms with Gasteiger partial charge in [0.15, 0.2) is 5.82 Å². The first-order valence-electron chi connectivity index (χ1n) is 8.55. The van der Waals surface area contributed by atoms with E-state index in [2.05, 4.69) is 31.9 Å². The van der Waals surface area contributed by atoms with Crippen LogP contribution in [-0.4, -0.2) is 62.6 Å². The van der Waals surface area contributed by atoms with E-state index in [-0.39, 0.29) is 18.0 Å². The zero-order valence-electron chi connectivity index (χ0n) is 15.0. The van der Waals surface area contributed by atoms with Gasteiger partial charge in [-0.2, -0.15) is 9.50 Å². The van der Waals surface area contributed by atoms with Crippen LogP contribution in [0.3, 0.4) is 0 Å². The number of nitrogens with zero attached hydrogens (tertiary/aromatic N) is 5. The van der Waals surface area contributed by atoms with Crippen LogP contribution in [0.25, 0.3) is 17.2 Å². The van der Waals surface area contributed by atoms with Crippen LogP contribution in [-0.2, 0) is 6.54 Å². The van der Waals surface area contributed by atoms with Gasteiger partial charge in [0.05, 0.1) is 5.69 Å². The maximum absolute atomic E-state index is 12.4. The third-order valence-corrected chi connectivity index (χ3v) is 4.69. The van der Waals surface area contributed by atoms with Crippen molar-refractivity contribution >= 4 is 18.2 Å². The quantitative estimate of drug-likeness (QED) is 0.753. The van der Waals surface area contributed by atoms with E-state index >= 15 is 0 Å². The first kappa shape index (κ1) is 18.6. The van der Waals surface area contributed by atoms with Crippen molar-refractivity contribution in [1.29, 1.82) is 0 Å². The Labute approximate surface area is 158 Å². The molecular formula is C18H23ClN6O. The first-order valence-corrected chi connectivity index (χ1v) is 8.55. The lowest BCUT2D eigenvalue weighted by Gasteiger charge is -2.31. The maximum Gasteiger partial charge on any atom is 0.274 e. The molecule has 4 rings (SSSR count). The molecule has 26 heavy (non-hydrogen) atoms. The SMILES string of the molecule is Cc1ccc(-c2nc3nc(CN4CCN(C)CC4)cc(=O)n3[nH]2)cc1.Cl. The lowest BCUT2D eigenvalue weighted by molar-refractivity contribution is 0.147. The summed E-state index contributed by atoms with van der Waals surface area (Å²) < 4.78 is 1.41. The predicted molar refractivity (Wildman–Crippen MR) is 104 cm³/mol. The molecule has 1 aromatic carbocycles. The second-order valence-corrected chi connectivity index (χ2v) is 6.74. The minimum atomic E-state index is -0.125. The van der Waals surface area contributed by atoms with Gasteiger partial charge >= 0.3 is 0 Å². The molecule has 138 valence electrons. The molecule has 1 fully saturated rings.